The second-order valence-electron chi connectivity index (χ2n) is 6.13. The SMILES string of the molecule is COc1ccccc1CCNC(=O)CCC(=O)N1CCSc2ncccc21. The van der Waals surface area contributed by atoms with E-state index >= 15 is 0 Å². The maximum Gasteiger partial charge on any atom is 0.227 e. The molecule has 0 aliphatic carbocycles. The maximum atomic E-state index is 12.5. The van der Waals surface area contributed by atoms with Gasteiger partial charge in [0.05, 0.1) is 12.8 Å². The quantitative estimate of drug-likeness (QED) is 0.793. The number of amides is 2. The summed E-state index contributed by atoms with van der Waals surface area (Å²) in [5.41, 5.74) is 1.89. The molecule has 0 radical (unpaired) electrons. The third kappa shape index (κ3) is 5.01. The number of hydrogen-bond donors (Lipinski definition) is 1. The molecule has 0 saturated carbocycles. The number of benzene rings is 1. The zero-order valence-electron chi connectivity index (χ0n) is 15.3. The van der Waals surface area contributed by atoms with Gasteiger partial charge < -0.3 is 15.0 Å². The van der Waals surface area contributed by atoms with E-state index < -0.39 is 0 Å². The highest BCUT2D eigenvalue weighted by Gasteiger charge is 2.23. The van der Waals surface area contributed by atoms with E-state index in [4.69, 9.17) is 4.74 Å². The molecule has 3 rings (SSSR count). The minimum absolute atomic E-state index is 0.0376. The van der Waals surface area contributed by atoms with E-state index in [0.29, 0.717) is 19.5 Å². The van der Waals surface area contributed by atoms with Gasteiger partial charge in [-0.05, 0) is 30.2 Å². The zero-order chi connectivity index (χ0) is 19.1. The molecule has 1 aliphatic heterocycles. The molecule has 1 aromatic heterocycles. The fourth-order valence-corrected chi connectivity index (χ4v) is 3.93. The number of rotatable bonds is 7. The summed E-state index contributed by atoms with van der Waals surface area (Å²) < 4.78 is 5.31. The molecular weight excluding hydrogens is 362 g/mol. The molecule has 7 heteroatoms. The number of carbonyl (C=O) groups excluding carboxylic acids is 2. The number of ether oxygens (including phenoxy) is 1. The summed E-state index contributed by atoms with van der Waals surface area (Å²) >= 11 is 1.65. The lowest BCUT2D eigenvalue weighted by molar-refractivity contribution is -0.125. The van der Waals surface area contributed by atoms with Crippen molar-refractivity contribution in [2.75, 3.05) is 30.9 Å². The Bertz CT molecular complexity index is 813. The number of nitrogens with zero attached hydrogens (tertiary/aromatic N) is 2. The summed E-state index contributed by atoms with van der Waals surface area (Å²) in [6.45, 7) is 1.16. The number of aromatic nitrogens is 1. The van der Waals surface area contributed by atoms with Gasteiger partial charge in [-0.25, -0.2) is 4.98 Å². The summed E-state index contributed by atoms with van der Waals surface area (Å²) in [6.07, 6.45) is 2.80. The molecule has 1 N–H and O–H groups in total. The number of thioether (sulfide) groups is 1. The zero-order valence-corrected chi connectivity index (χ0v) is 16.1. The summed E-state index contributed by atoms with van der Waals surface area (Å²) in [6, 6.07) is 11.5. The van der Waals surface area contributed by atoms with Crippen LogP contribution in [0.2, 0.25) is 0 Å². The molecule has 0 spiro atoms. The lowest BCUT2D eigenvalue weighted by Gasteiger charge is -2.28. The molecule has 2 amide bonds. The van der Waals surface area contributed by atoms with Gasteiger partial charge in [-0.2, -0.15) is 0 Å². The van der Waals surface area contributed by atoms with Crippen LogP contribution in [0.3, 0.4) is 0 Å². The van der Waals surface area contributed by atoms with Crippen LogP contribution in [0.5, 0.6) is 5.75 Å². The molecule has 1 aromatic carbocycles. The molecular formula is C20H23N3O3S. The standard InChI is InChI=1S/C20H23N3O3S/c1-26-17-7-3-2-5-15(17)10-12-21-18(24)8-9-19(25)23-13-14-27-20-16(23)6-4-11-22-20/h2-7,11H,8-10,12-14H2,1H3,(H,21,24). The Morgan fingerprint density at radius 3 is 2.93 bits per heavy atom. The Morgan fingerprint density at radius 1 is 1.22 bits per heavy atom. The number of nitrogens with one attached hydrogen (secondary N) is 1. The Morgan fingerprint density at radius 2 is 2.07 bits per heavy atom. The minimum Gasteiger partial charge on any atom is -0.496 e. The van der Waals surface area contributed by atoms with Crippen LogP contribution in [0, 0.1) is 0 Å². The fraction of sp³-hybridized carbons (Fsp3) is 0.350. The normalized spacial score (nSPS) is 13.0. The Balaban J connectivity index is 1.45. The Kier molecular flexibility index (Phi) is 6.70. The summed E-state index contributed by atoms with van der Waals surface area (Å²) in [7, 11) is 1.63. The third-order valence-corrected chi connectivity index (χ3v) is 5.35. The van der Waals surface area contributed by atoms with E-state index in [1.165, 1.54) is 0 Å². The van der Waals surface area contributed by atoms with Crippen LogP contribution in [-0.2, 0) is 16.0 Å². The molecule has 6 nitrogen and oxygen atoms in total. The van der Waals surface area contributed by atoms with Gasteiger partial charge in [-0.1, -0.05) is 18.2 Å². The number of pyridine rings is 1. The van der Waals surface area contributed by atoms with Crippen molar-refractivity contribution in [3.8, 4) is 5.75 Å². The van der Waals surface area contributed by atoms with Crippen molar-refractivity contribution in [3.63, 3.8) is 0 Å². The lowest BCUT2D eigenvalue weighted by Crippen LogP contribution is -2.36. The monoisotopic (exact) mass is 385 g/mol. The largest absolute Gasteiger partial charge is 0.496 e. The first-order chi connectivity index (χ1) is 13.2. The molecule has 2 aromatic rings. The van der Waals surface area contributed by atoms with E-state index in [1.54, 1.807) is 30.0 Å². The Labute approximate surface area is 163 Å². The number of fused-ring (bicyclic) bond motifs is 1. The van der Waals surface area contributed by atoms with E-state index in [-0.39, 0.29) is 24.7 Å². The van der Waals surface area contributed by atoms with Crippen LogP contribution in [-0.4, -0.2) is 42.8 Å². The first kappa shape index (κ1) is 19.2. The van der Waals surface area contributed by atoms with E-state index in [2.05, 4.69) is 10.3 Å². The van der Waals surface area contributed by atoms with Gasteiger partial charge in [-0.3, -0.25) is 9.59 Å². The predicted molar refractivity (Wildman–Crippen MR) is 106 cm³/mol. The highest BCUT2D eigenvalue weighted by molar-refractivity contribution is 7.99. The number of methoxy groups -OCH3 is 1. The average molecular weight is 385 g/mol. The number of anilines is 1. The first-order valence-electron chi connectivity index (χ1n) is 8.96. The average Bonchev–Trinajstić information content (AvgIpc) is 2.72. The Hall–Kier alpha value is -2.54. The van der Waals surface area contributed by atoms with E-state index in [0.717, 1.165) is 27.8 Å². The van der Waals surface area contributed by atoms with Gasteiger partial charge in [0.15, 0.2) is 0 Å². The molecule has 0 atom stereocenters. The van der Waals surface area contributed by atoms with Crippen LogP contribution < -0.4 is 15.0 Å². The van der Waals surface area contributed by atoms with Gasteiger partial charge in [0.1, 0.15) is 10.8 Å². The lowest BCUT2D eigenvalue weighted by atomic mass is 10.1. The van der Waals surface area contributed by atoms with Gasteiger partial charge >= 0.3 is 0 Å². The van der Waals surface area contributed by atoms with Crippen molar-refractivity contribution in [2.45, 2.75) is 24.3 Å². The maximum absolute atomic E-state index is 12.5. The van der Waals surface area contributed by atoms with Crippen LogP contribution in [0.4, 0.5) is 5.69 Å². The van der Waals surface area contributed by atoms with Crippen LogP contribution in [0.25, 0.3) is 0 Å². The second-order valence-corrected chi connectivity index (χ2v) is 7.22. The van der Waals surface area contributed by atoms with E-state index in [1.807, 2.05) is 36.4 Å². The van der Waals surface area contributed by atoms with Crippen molar-refractivity contribution in [1.29, 1.82) is 0 Å². The molecule has 0 saturated heterocycles. The molecule has 0 unspecified atom stereocenters. The van der Waals surface area contributed by atoms with Gasteiger partial charge in [0.2, 0.25) is 11.8 Å². The first-order valence-corrected chi connectivity index (χ1v) is 9.94. The molecule has 27 heavy (non-hydrogen) atoms. The van der Waals surface area contributed by atoms with Gasteiger partial charge in [0.25, 0.3) is 0 Å². The minimum atomic E-state index is -0.115. The number of carbonyl (C=O) groups is 2. The smallest absolute Gasteiger partial charge is 0.227 e. The predicted octanol–water partition coefficient (Wildman–Crippen LogP) is 2.67. The summed E-state index contributed by atoms with van der Waals surface area (Å²) in [4.78, 5) is 30.7. The van der Waals surface area contributed by atoms with Crippen molar-refractivity contribution in [2.24, 2.45) is 0 Å². The highest BCUT2D eigenvalue weighted by Crippen LogP contribution is 2.32. The summed E-state index contributed by atoms with van der Waals surface area (Å²) in [5, 5.41) is 3.75. The van der Waals surface area contributed by atoms with Crippen molar-refractivity contribution >= 4 is 29.3 Å². The topological polar surface area (TPSA) is 71.5 Å². The second kappa shape index (κ2) is 9.41. The third-order valence-electron chi connectivity index (χ3n) is 4.37. The van der Waals surface area contributed by atoms with Crippen molar-refractivity contribution in [1.82, 2.24) is 10.3 Å². The van der Waals surface area contributed by atoms with E-state index in [9.17, 15) is 9.59 Å². The molecule has 2 heterocycles. The number of para-hydroxylation sites is 1. The highest BCUT2D eigenvalue weighted by atomic mass is 32.2. The van der Waals surface area contributed by atoms with Gasteiger partial charge in [0, 0.05) is 37.9 Å². The molecule has 1 aliphatic rings. The fourth-order valence-electron chi connectivity index (χ4n) is 3.00. The molecule has 0 fully saturated rings. The van der Waals surface area contributed by atoms with Crippen LogP contribution in [0.15, 0.2) is 47.6 Å². The van der Waals surface area contributed by atoms with Crippen molar-refractivity contribution < 1.29 is 14.3 Å². The van der Waals surface area contributed by atoms with Crippen LogP contribution >= 0.6 is 11.8 Å². The molecule has 0 bridgehead atoms. The van der Waals surface area contributed by atoms with Crippen LogP contribution in [0.1, 0.15) is 18.4 Å². The molecule has 142 valence electrons. The number of hydrogen-bond acceptors (Lipinski definition) is 5. The van der Waals surface area contributed by atoms with Crippen molar-refractivity contribution in [3.05, 3.63) is 48.2 Å². The van der Waals surface area contributed by atoms with Gasteiger partial charge in [-0.15, -0.1) is 11.8 Å². The summed E-state index contributed by atoms with van der Waals surface area (Å²) in [5.74, 6) is 1.48.